The zero-order valence-corrected chi connectivity index (χ0v) is 11.1. The summed E-state index contributed by atoms with van der Waals surface area (Å²) in [7, 11) is 0. The van der Waals surface area contributed by atoms with Crippen LogP contribution in [0.25, 0.3) is 0 Å². The van der Waals surface area contributed by atoms with Gasteiger partial charge in [-0.05, 0) is 18.3 Å². The van der Waals surface area contributed by atoms with E-state index in [0.29, 0.717) is 6.04 Å². The van der Waals surface area contributed by atoms with Gasteiger partial charge in [0.2, 0.25) is 0 Å². The average Bonchev–Trinajstić information content (AvgIpc) is 2.43. The Bertz CT molecular complexity index is 220. The normalized spacial score (nSPS) is 20.6. The Morgan fingerprint density at radius 1 is 1.19 bits per heavy atom. The maximum absolute atomic E-state index is 5.56. The number of hydrazine groups is 1. The molecule has 0 unspecified atom stereocenters. The third kappa shape index (κ3) is 5.50. The van der Waals surface area contributed by atoms with Crippen LogP contribution < -0.4 is 11.3 Å². The van der Waals surface area contributed by atoms with Crippen LogP contribution in [0.4, 0.5) is 0 Å². The quantitative estimate of drug-likeness (QED) is 0.249. The molecule has 0 aliphatic heterocycles. The molecular formula is C13H27N3. The third-order valence-electron chi connectivity index (χ3n) is 3.03. The first-order valence-electron chi connectivity index (χ1n) is 6.54. The minimum Gasteiger partial charge on any atom is -0.312 e. The van der Waals surface area contributed by atoms with Crippen LogP contribution in [0.2, 0.25) is 0 Å². The standard InChI is InChI=1S/C13H27N3/c1-13(2,3)10-12(16-14)15-11-8-6-4-5-7-9-11/h11H,4-10,14H2,1-3H3,(H,15,16). The summed E-state index contributed by atoms with van der Waals surface area (Å²) in [4.78, 5) is 4.78. The summed E-state index contributed by atoms with van der Waals surface area (Å²) < 4.78 is 0. The maximum Gasteiger partial charge on any atom is 0.111 e. The molecule has 3 heteroatoms. The van der Waals surface area contributed by atoms with E-state index in [0.717, 1.165) is 12.3 Å². The van der Waals surface area contributed by atoms with Crippen LogP contribution in [-0.4, -0.2) is 11.9 Å². The Hall–Kier alpha value is -0.570. The van der Waals surface area contributed by atoms with Gasteiger partial charge in [0, 0.05) is 6.42 Å². The molecule has 1 fully saturated rings. The average molecular weight is 225 g/mol. The summed E-state index contributed by atoms with van der Waals surface area (Å²) in [5.41, 5.74) is 3.02. The second-order valence-electron chi connectivity index (χ2n) is 6.10. The fourth-order valence-electron chi connectivity index (χ4n) is 2.24. The highest BCUT2D eigenvalue weighted by Gasteiger charge is 2.16. The first-order chi connectivity index (χ1) is 7.51. The highest BCUT2D eigenvalue weighted by molar-refractivity contribution is 5.82. The largest absolute Gasteiger partial charge is 0.312 e. The van der Waals surface area contributed by atoms with E-state index in [9.17, 15) is 0 Å². The molecule has 0 atom stereocenters. The molecule has 0 bridgehead atoms. The molecule has 0 spiro atoms. The smallest absolute Gasteiger partial charge is 0.111 e. The van der Waals surface area contributed by atoms with Crippen molar-refractivity contribution in [3.05, 3.63) is 0 Å². The molecule has 1 aliphatic rings. The summed E-state index contributed by atoms with van der Waals surface area (Å²) in [5.74, 6) is 6.53. The van der Waals surface area contributed by atoms with Gasteiger partial charge in [-0.3, -0.25) is 4.99 Å². The van der Waals surface area contributed by atoms with Crippen molar-refractivity contribution in [2.24, 2.45) is 16.3 Å². The number of nitrogens with one attached hydrogen (secondary N) is 1. The highest BCUT2D eigenvalue weighted by Crippen LogP contribution is 2.22. The van der Waals surface area contributed by atoms with Crippen LogP contribution in [0.5, 0.6) is 0 Å². The number of nitrogens with zero attached hydrogens (tertiary/aromatic N) is 1. The van der Waals surface area contributed by atoms with Crippen molar-refractivity contribution in [1.29, 1.82) is 0 Å². The van der Waals surface area contributed by atoms with Crippen molar-refractivity contribution in [3.63, 3.8) is 0 Å². The Morgan fingerprint density at radius 3 is 2.19 bits per heavy atom. The predicted octanol–water partition coefficient (Wildman–Crippen LogP) is 3.01. The Kier molecular flexibility index (Phi) is 5.26. The molecule has 16 heavy (non-hydrogen) atoms. The molecule has 0 aromatic rings. The van der Waals surface area contributed by atoms with Crippen molar-refractivity contribution in [3.8, 4) is 0 Å². The molecule has 0 amide bonds. The van der Waals surface area contributed by atoms with Crippen LogP contribution in [0, 0.1) is 5.41 Å². The van der Waals surface area contributed by atoms with Gasteiger partial charge in [-0.25, -0.2) is 5.84 Å². The summed E-state index contributed by atoms with van der Waals surface area (Å²) >= 11 is 0. The van der Waals surface area contributed by atoms with Crippen LogP contribution in [0.3, 0.4) is 0 Å². The lowest BCUT2D eigenvalue weighted by Crippen LogP contribution is -2.34. The minimum absolute atomic E-state index is 0.246. The van der Waals surface area contributed by atoms with E-state index >= 15 is 0 Å². The van der Waals surface area contributed by atoms with E-state index in [1.807, 2.05) is 0 Å². The molecule has 1 aliphatic carbocycles. The number of aliphatic imine (C=N–C) groups is 1. The lowest BCUT2D eigenvalue weighted by atomic mass is 9.91. The van der Waals surface area contributed by atoms with Gasteiger partial charge in [-0.2, -0.15) is 0 Å². The van der Waals surface area contributed by atoms with E-state index in [1.165, 1.54) is 38.5 Å². The molecular weight excluding hydrogens is 198 g/mol. The fourth-order valence-corrected chi connectivity index (χ4v) is 2.24. The summed E-state index contributed by atoms with van der Waals surface area (Å²) in [6.45, 7) is 6.65. The molecule has 0 aromatic heterocycles. The highest BCUT2D eigenvalue weighted by atomic mass is 15.3. The van der Waals surface area contributed by atoms with Gasteiger partial charge in [0.05, 0.1) is 6.04 Å². The molecule has 0 aromatic carbocycles. The zero-order valence-electron chi connectivity index (χ0n) is 11.1. The van der Waals surface area contributed by atoms with Gasteiger partial charge in [0.25, 0.3) is 0 Å². The molecule has 0 saturated heterocycles. The molecule has 1 rings (SSSR count). The second-order valence-corrected chi connectivity index (χ2v) is 6.10. The molecule has 0 radical (unpaired) electrons. The van der Waals surface area contributed by atoms with E-state index in [4.69, 9.17) is 10.8 Å². The number of rotatable bonds is 2. The van der Waals surface area contributed by atoms with E-state index in [1.54, 1.807) is 0 Å². The second kappa shape index (κ2) is 6.24. The third-order valence-corrected chi connectivity index (χ3v) is 3.03. The number of amidine groups is 1. The SMILES string of the molecule is CC(C)(C)CC(=NC1CCCCCC1)NN. The van der Waals surface area contributed by atoms with Crippen molar-refractivity contribution < 1.29 is 0 Å². The van der Waals surface area contributed by atoms with E-state index in [2.05, 4.69) is 26.2 Å². The summed E-state index contributed by atoms with van der Waals surface area (Å²) in [5, 5.41) is 0. The van der Waals surface area contributed by atoms with Gasteiger partial charge < -0.3 is 5.43 Å². The lowest BCUT2D eigenvalue weighted by molar-refractivity contribution is 0.426. The fraction of sp³-hybridized carbons (Fsp3) is 0.923. The number of hydrogen-bond donors (Lipinski definition) is 2. The van der Waals surface area contributed by atoms with Gasteiger partial charge in [0.15, 0.2) is 0 Å². The van der Waals surface area contributed by atoms with Crippen molar-refractivity contribution >= 4 is 5.84 Å². The number of hydrogen-bond acceptors (Lipinski definition) is 2. The van der Waals surface area contributed by atoms with Crippen molar-refractivity contribution in [1.82, 2.24) is 5.43 Å². The lowest BCUT2D eigenvalue weighted by Gasteiger charge is -2.20. The summed E-state index contributed by atoms with van der Waals surface area (Å²) in [6.07, 6.45) is 8.78. The Morgan fingerprint density at radius 2 is 1.75 bits per heavy atom. The molecule has 3 nitrogen and oxygen atoms in total. The van der Waals surface area contributed by atoms with Crippen molar-refractivity contribution in [2.75, 3.05) is 0 Å². The van der Waals surface area contributed by atoms with Crippen molar-refractivity contribution in [2.45, 2.75) is 71.8 Å². The van der Waals surface area contributed by atoms with Crippen LogP contribution in [-0.2, 0) is 0 Å². The summed E-state index contributed by atoms with van der Waals surface area (Å²) in [6, 6.07) is 0.496. The first kappa shape index (κ1) is 13.5. The van der Waals surface area contributed by atoms with E-state index in [-0.39, 0.29) is 5.41 Å². The van der Waals surface area contributed by atoms with Crippen LogP contribution in [0.1, 0.15) is 65.7 Å². The van der Waals surface area contributed by atoms with Gasteiger partial charge >= 0.3 is 0 Å². The van der Waals surface area contributed by atoms with Crippen LogP contribution in [0.15, 0.2) is 4.99 Å². The predicted molar refractivity (Wildman–Crippen MR) is 70.3 cm³/mol. The molecule has 3 N–H and O–H groups in total. The number of nitrogens with two attached hydrogens (primary N) is 1. The van der Waals surface area contributed by atoms with Gasteiger partial charge in [-0.15, -0.1) is 0 Å². The Balaban J connectivity index is 2.55. The monoisotopic (exact) mass is 225 g/mol. The minimum atomic E-state index is 0.246. The molecule has 1 saturated carbocycles. The maximum atomic E-state index is 5.56. The molecule has 0 heterocycles. The topological polar surface area (TPSA) is 50.4 Å². The molecule has 94 valence electrons. The van der Waals surface area contributed by atoms with Gasteiger partial charge in [0.1, 0.15) is 5.84 Å². The van der Waals surface area contributed by atoms with Gasteiger partial charge in [-0.1, -0.05) is 46.5 Å². The van der Waals surface area contributed by atoms with Crippen LogP contribution >= 0.6 is 0 Å². The Labute approximate surface area is 99.9 Å². The zero-order chi connectivity index (χ0) is 12.0. The van der Waals surface area contributed by atoms with E-state index < -0.39 is 0 Å². The first-order valence-corrected chi connectivity index (χ1v) is 6.54.